The van der Waals surface area contributed by atoms with Crippen molar-refractivity contribution < 1.29 is 9.23 Å². The summed E-state index contributed by atoms with van der Waals surface area (Å²) in [5.41, 5.74) is 0.701. The largest absolute Gasteiger partial charge is 0.300 e. The Hall–Kier alpha value is -0.160. The third-order valence-electron chi connectivity index (χ3n) is 1.25. The van der Waals surface area contributed by atoms with Crippen molar-refractivity contribution in [3.05, 3.63) is 34.1 Å². The highest BCUT2D eigenvalue weighted by atomic mass is 79.9. The smallest absolute Gasteiger partial charge is 0.123 e. The van der Waals surface area contributed by atoms with Gasteiger partial charge in [0.1, 0.15) is 5.82 Å². The van der Waals surface area contributed by atoms with Crippen molar-refractivity contribution >= 4 is 28.3 Å². The molecule has 0 atom stereocenters. The van der Waals surface area contributed by atoms with Gasteiger partial charge in [0.05, 0.1) is 6.61 Å². The van der Waals surface area contributed by atoms with Gasteiger partial charge in [-0.3, -0.25) is 4.84 Å². The van der Waals surface area contributed by atoms with E-state index >= 15 is 0 Å². The molecule has 1 aromatic rings. The van der Waals surface area contributed by atoms with Crippen molar-refractivity contribution in [2.75, 3.05) is 0 Å². The molecule has 12 heavy (non-hydrogen) atoms. The first-order valence-electron chi connectivity index (χ1n) is 2.99. The van der Waals surface area contributed by atoms with Crippen LogP contribution in [0, 0.1) is 5.82 Å². The predicted molar refractivity (Wildman–Crippen MR) is 50.3 cm³/mol. The van der Waals surface area contributed by atoms with Gasteiger partial charge in [-0.2, -0.15) is 0 Å². The molecule has 0 amide bonds. The second-order valence-corrected chi connectivity index (χ2v) is 2.90. The van der Waals surface area contributed by atoms with Crippen molar-refractivity contribution in [3.8, 4) is 0 Å². The monoisotopic (exact) mass is 255 g/mol. The van der Waals surface area contributed by atoms with Gasteiger partial charge in [0.25, 0.3) is 0 Å². The van der Waals surface area contributed by atoms with Gasteiger partial charge in [-0.25, -0.2) is 10.3 Å². The van der Waals surface area contributed by atoms with Crippen LogP contribution in [-0.4, -0.2) is 0 Å². The Bertz CT molecular complexity index is 259. The zero-order chi connectivity index (χ0) is 8.27. The first kappa shape index (κ1) is 11.8. The van der Waals surface area contributed by atoms with Crippen molar-refractivity contribution in [2.45, 2.75) is 6.61 Å². The summed E-state index contributed by atoms with van der Waals surface area (Å²) in [6, 6.07) is 4.35. The van der Waals surface area contributed by atoms with E-state index in [0.717, 1.165) is 4.47 Å². The SMILES string of the molecule is Cl.NOCc1cc(F)ccc1Br. The van der Waals surface area contributed by atoms with E-state index in [9.17, 15) is 4.39 Å². The van der Waals surface area contributed by atoms with Gasteiger partial charge in [-0.1, -0.05) is 15.9 Å². The molecule has 0 fully saturated rings. The molecule has 2 nitrogen and oxygen atoms in total. The van der Waals surface area contributed by atoms with Crippen molar-refractivity contribution in [2.24, 2.45) is 5.90 Å². The third-order valence-corrected chi connectivity index (χ3v) is 2.02. The quantitative estimate of drug-likeness (QED) is 0.825. The lowest BCUT2D eigenvalue weighted by molar-refractivity contribution is 0.123. The molecule has 0 radical (unpaired) electrons. The molecule has 0 heterocycles. The van der Waals surface area contributed by atoms with E-state index in [1.165, 1.54) is 12.1 Å². The minimum Gasteiger partial charge on any atom is -0.300 e. The van der Waals surface area contributed by atoms with Gasteiger partial charge in [0, 0.05) is 4.47 Å². The molecule has 2 N–H and O–H groups in total. The highest BCUT2D eigenvalue weighted by molar-refractivity contribution is 9.10. The Morgan fingerprint density at radius 3 is 2.75 bits per heavy atom. The molecule has 0 bridgehead atoms. The summed E-state index contributed by atoms with van der Waals surface area (Å²) in [6.45, 7) is 0.207. The number of halogens is 3. The number of hydrogen-bond donors (Lipinski definition) is 1. The molecule has 0 aliphatic rings. The fourth-order valence-corrected chi connectivity index (χ4v) is 1.10. The molecule has 0 unspecified atom stereocenters. The van der Waals surface area contributed by atoms with Crippen LogP contribution in [0.25, 0.3) is 0 Å². The van der Waals surface area contributed by atoms with E-state index in [4.69, 9.17) is 5.90 Å². The number of hydrogen-bond acceptors (Lipinski definition) is 2. The lowest BCUT2D eigenvalue weighted by atomic mass is 10.2. The standard InChI is InChI=1S/C7H7BrFNO.ClH/c8-7-2-1-6(9)3-5(7)4-11-10;/h1-3H,4,10H2;1H. The Labute approximate surface area is 84.4 Å². The zero-order valence-corrected chi connectivity index (χ0v) is 8.49. The fourth-order valence-electron chi connectivity index (χ4n) is 0.744. The third kappa shape index (κ3) is 3.06. The summed E-state index contributed by atoms with van der Waals surface area (Å²) in [4.78, 5) is 4.37. The molecule has 0 saturated heterocycles. The minimum atomic E-state index is -0.291. The average Bonchev–Trinajstić information content (AvgIpc) is 1.98. The summed E-state index contributed by atoms with van der Waals surface area (Å²) >= 11 is 3.23. The molecule has 1 rings (SSSR count). The second kappa shape index (κ2) is 5.48. The molecule has 0 spiro atoms. The van der Waals surface area contributed by atoms with Crippen LogP contribution in [-0.2, 0) is 11.4 Å². The Morgan fingerprint density at radius 1 is 1.50 bits per heavy atom. The summed E-state index contributed by atoms with van der Waals surface area (Å²) < 4.78 is 13.3. The fraction of sp³-hybridized carbons (Fsp3) is 0.143. The molecule has 0 aromatic heterocycles. The molecule has 0 aliphatic carbocycles. The number of rotatable bonds is 2. The van der Waals surface area contributed by atoms with E-state index in [-0.39, 0.29) is 24.8 Å². The van der Waals surface area contributed by atoms with E-state index in [1.807, 2.05) is 0 Å². The topological polar surface area (TPSA) is 35.2 Å². The molecular weight excluding hydrogens is 248 g/mol. The van der Waals surface area contributed by atoms with Gasteiger partial charge >= 0.3 is 0 Å². The Kier molecular flexibility index (Phi) is 5.41. The summed E-state index contributed by atoms with van der Waals surface area (Å²) in [5.74, 6) is 4.54. The van der Waals surface area contributed by atoms with Crippen LogP contribution < -0.4 is 5.90 Å². The number of nitrogens with two attached hydrogens (primary N) is 1. The van der Waals surface area contributed by atoms with Crippen LogP contribution in [0.5, 0.6) is 0 Å². The van der Waals surface area contributed by atoms with E-state index in [2.05, 4.69) is 20.8 Å². The van der Waals surface area contributed by atoms with Gasteiger partial charge < -0.3 is 0 Å². The maximum absolute atomic E-state index is 12.6. The maximum Gasteiger partial charge on any atom is 0.123 e. The predicted octanol–water partition coefficient (Wildman–Crippen LogP) is 2.40. The van der Waals surface area contributed by atoms with Crippen LogP contribution in [0.1, 0.15) is 5.56 Å². The van der Waals surface area contributed by atoms with E-state index in [1.54, 1.807) is 6.07 Å². The van der Waals surface area contributed by atoms with Gasteiger partial charge in [0.2, 0.25) is 0 Å². The van der Waals surface area contributed by atoms with Crippen LogP contribution in [0.3, 0.4) is 0 Å². The summed E-state index contributed by atoms with van der Waals surface area (Å²) in [7, 11) is 0. The van der Waals surface area contributed by atoms with Crippen LogP contribution in [0.4, 0.5) is 4.39 Å². The van der Waals surface area contributed by atoms with Crippen molar-refractivity contribution in [3.63, 3.8) is 0 Å². The molecule has 5 heteroatoms. The molecule has 68 valence electrons. The Morgan fingerprint density at radius 2 is 2.17 bits per heavy atom. The average molecular weight is 257 g/mol. The lowest BCUT2D eigenvalue weighted by Crippen LogP contribution is -1.99. The Balaban J connectivity index is 0.00000121. The molecule has 0 aliphatic heterocycles. The van der Waals surface area contributed by atoms with Crippen molar-refractivity contribution in [1.82, 2.24) is 0 Å². The van der Waals surface area contributed by atoms with Crippen LogP contribution in [0.2, 0.25) is 0 Å². The summed E-state index contributed by atoms with van der Waals surface area (Å²) in [6.07, 6.45) is 0. The van der Waals surface area contributed by atoms with Crippen molar-refractivity contribution in [1.29, 1.82) is 0 Å². The van der Waals surface area contributed by atoms with E-state index < -0.39 is 0 Å². The van der Waals surface area contributed by atoms with Crippen LogP contribution >= 0.6 is 28.3 Å². The van der Waals surface area contributed by atoms with E-state index in [0.29, 0.717) is 5.56 Å². The molecule has 1 aromatic carbocycles. The first-order chi connectivity index (χ1) is 5.24. The maximum atomic E-state index is 12.6. The van der Waals surface area contributed by atoms with Gasteiger partial charge in [-0.15, -0.1) is 12.4 Å². The van der Waals surface area contributed by atoms with Gasteiger partial charge in [-0.05, 0) is 23.8 Å². The molecule has 0 saturated carbocycles. The van der Waals surface area contributed by atoms with Gasteiger partial charge in [0.15, 0.2) is 0 Å². The second-order valence-electron chi connectivity index (χ2n) is 2.05. The number of benzene rings is 1. The molecular formula is C7H8BrClFNO. The normalized spacial score (nSPS) is 9.25. The lowest BCUT2D eigenvalue weighted by Gasteiger charge is -2.01. The summed E-state index contributed by atoms with van der Waals surface area (Å²) in [5, 5.41) is 0. The van der Waals surface area contributed by atoms with Crippen LogP contribution in [0.15, 0.2) is 22.7 Å². The first-order valence-corrected chi connectivity index (χ1v) is 3.79. The minimum absolute atomic E-state index is 0. The zero-order valence-electron chi connectivity index (χ0n) is 6.09. The highest BCUT2D eigenvalue weighted by Crippen LogP contribution is 2.17. The highest BCUT2D eigenvalue weighted by Gasteiger charge is 2.00.